The lowest BCUT2D eigenvalue weighted by molar-refractivity contribution is -0.723. The van der Waals surface area contributed by atoms with E-state index in [0.29, 0.717) is 11.4 Å². The second-order valence-corrected chi connectivity index (χ2v) is 4.92. The highest BCUT2D eigenvalue weighted by atomic mass is 16.1. The number of nitrogens with two attached hydrogens (primary N) is 1. The largest absolute Gasteiger partial charge is 0.336 e. The van der Waals surface area contributed by atoms with E-state index in [1.165, 1.54) is 0 Å². The monoisotopic (exact) mass is 246 g/mol. The molecule has 4 heteroatoms. The molecule has 0 aliphatic carbocycles. The smallest absolute Gasteiger partial charge is 0.258 e. The predicted octanol–water partition coefficient (Wildman–Crippen LogP) is 1.35. The Morgan fingerprint density at radius 1 is 1.33 bits per heavy atom. The maximum Gasteiger partial charge on any atom is 0.258 e. The molecular weight excluding hydrogens is 226 g/mol. The topological polar surface area (TPSA) is 62.4 Å². The van der Waals surface area contributed by atoms with Gasteiger partial charge in [-0.15, -0.1) is 0 Å². The van der Waals surface area contributed by atoms with Crippen LogP contribution in [-0.2, 0) is 0 Å². The van der Waals surface area contributed by atoms with Gasteiger partial charge in [-0.3, -0.25) is 4.79 Å². The van der Waals surface area contributed by atoms with Crippen molar-refractivity contribution in [2.75, 3.05) is 0 Å². The first-order valence-corrected chi connectivity index (χ1v) is 6.45. The second-order valence-electron chi connectivity index (χ2n) is 4.92. The van der Waals surface area contributed by atoms with Crippen molar-refractivity contribution in [2.45, 2.75) is 39.3 Å². The normalized spacial score (nSPS) is 13.1. The molecule has 1 aromatic heterocycles. The van der Waals surface area contributed by atoms with Crippen LogP contribution in [0.4, 0.5) is 0 Å². The summed E-state index contributed by atoms with van der Waals surface area (Å²) < 4.78 is 0. The molecule has 1 heterocycles. The number of hydrogen-bond acceptors (Lipinski definition) is 2. The molecular formula is C14H20N3O+. The van der Waals surface area contributed by atoms with Gasteiger partial charge in [0, 0.05) is 6.42 Å². The van der Waals surface area contributed by atoms with Crippen molar-refractivity contribution in [3.63, 3.8) is 0 Å². The molecule has 0 saturated carbocycles. The molecule has 2 rings (SSSR count). The highest BCUT2D eigenvalue weighted by Gasteiger charge is 2.17. The van der Waals surface area contributed by atoms with Gasteiger partial charge in [-0.25, -0.2) is 4.98 Å². The third-order valence-corrected chi connectivity index (χ3v) is 3.04. The van der Waals surface area contributed by atoms with Crippen LogP contribution in [0.2, 0.25) is 0 Å². The molecule has 0 bridgehead atoms. The van der Waals surface area contributed by atoms with Crippen molar-refractivity contribution in [2.24, 2.45) is 0 Å². The lowest BCUT2D eigenvalue weighted by atomic mass is 10.1. The molecule has 1 aromatic carbocycles. The Hall–Kier alpha value is -1.68. The fourth-order valence-corrected chi connectivity index (χ4v) is 2.17. The Morgan fingerprint density at radius 2 is 2.06 bits per heavy atom. The minimum absolute atomic E-state index is 0.0498. The molecule has 0 fully saturated rings. The molecule has 0 unspecified atom stereocenters. The van der Waals surface area contributed by atoms with Crippen molar-refractivity contribution in [3.05, 3.63) is 40.4 Å². The summed E-state index contributed by atoms with van der Waals surface area (Å²) >= 11 is 0. The molecule has 1 atom stereocenters. The minimum atomic E-state index is -0.0498. The van der Waals surface area contributed by atoms with Crippen molar-refractivity contribution < 1.29 is 5.32 Å². The van der Waals surface area contributed by atoms with E-state index in [0.717, 1.165) is 17.8 Å². The summed E-state index contributed by atoms with van der Waals surface area (Å²) in [6.07, 6.45) is 0.944. The summed E-state index contributed by atoms with van der Waals surface area (Å²) in [4.78, 5) is 19.5. The quantitative estimate of drug-likeness (QED) is 0.855. The van der Waals surface area contributed by atoms with Crippen molar-refractivity contribution in [1.29, 1.82) is 0 Å². The molecule has 0 amide bonds. The number of H-pyrrole nitrogens is 1. The van der Waals surface area contributed by atoms with Crippen LogP contribution in [0, 0.1) is 0 Å². The molecule has 0 saturated heterocycles. The Balaban J connectivity index is 2.48. The first-order valence-electron chi connectivity index (χ1n) is 6.45. The van der Waals surface area contributed by atoms with Gasteiger partial charge in [-0.2, -0.15) is 0 Å². The lowest BCUT2D eigenvalue weighted by Crippen LogP contribution is -2.89. The number of nitrogens with one attached hydrogen (secondary N) is 1. The highest BCUT2D eigenvalue weighted by molar-refractivity contribution is 5.77. The van der Waals surface area contributed by atoms with E-state index in [1.54, 1.807) is 6.07 Å². The van der Waals surface area contributed by atoms with Gasteiger partial charge in [0.2, 0.25) is 0 Å². The zero-order chi connectivity index (χ0) is 13.1. The van der Waals surface area contributed by atoms with Gasteiger partial charge in [0.05, 0.1) is 16.9 Å². The van der Waals surface area contributed by atoms with Gasteiger partial charge in [-0.05, 0) is 26.0 Å². The molecule has 4 nitrogen and oxygen atoms in total. The van der Waals surface area contributed by atoms with Gasteiger partial charge in [0.1, 0.15) is 6.04 Å². The first kappa shape index (κ1) is 12.8. The number of rotatable bonds is 4. The van der Waals surface area contributed by atoms with Crippen LogP contribution in [0.15, 0.2) is 29.1 Å². The number of hydrogen-bond donors (Lipinski definition) is 2. The maximum atomic E-state index is 12.0. The third kappa shape index (κ3) is 2.59. The molecule has 3 N–H and O–H groups in total. The van der Waals surface area contributed by atoms with E-state index in [2.05, 4.69) is 36.1 Å². The maximum absolute atomic E-state index is 12.0. The number of quaternary nitrogens is 1. The van der Waals surface area contributed by atoms with E-state index in [9.17, 15) is 4.79 Å². The van der Waals surface area contributed by atoms with Crippen molar-refractivity contribution >= 4 is 10.9 Å². The summed E-state index contributed by atoms with van der Waals surface area (Å²) in [5.41, 5.74) is 0.720. The average molecular weight is 246 g/mol. The fraction of sp³-hybridized carbons (Fsp3) is 0.429. The van der Waals surface area contributed by atoms with E-state index >= 15 is 0 Å². The zero-order valence-corrected chi connectivity index (χ0v) is 11.1. The third-order valence-electron chi connectivity index (χ3n) is 3.04. The Kier molecular flexibility index (Phi) is 3.77. The number of aromatic amines is 1. The number of fused-ring (bicyclic) bond motifs is 1. The number of para-hydroxylation sites is 1. The van der Waals surface area contributed by atoms with Crippen LogP contribution in [0.25, 0.3) is 10.9 Å². The SMILES string of the molecule is CC[C@H]([NH2+]C(C)C)c1nc2ccccc2c(=O)[nH]1. The molecule has 0 radical (unpaired) electrons. The van der Waals surface area contributed by atoms with Crippen LogP contribution in [0.5, 0.6) is 0 Å². The van der Waals surface area contributed by atoms with Gasteiger partial charge >= 0.3 is 0 Å². The van der Waals surface area contributed by atoms with Crippen LogP contribution >= 0.6 is 0 Å². The Labute approximate surface area is 106 Å². The molecule has 96 valence electrons. The standard InChI is InChI=1S/C14H19N3O/c1-4-11(15-9(2)3)13-16-12-8-6-5-7-10(12)14(18)17-13/h5-9,11,15H,4H2,1-3H3,(H,16,17,18)/p+1/t11-/m0/s1. The summed E-state index contributed by atoms with van der Waals surface area (Å²) in [7, 11) is 0. The van der Waals surface area contributed by atoms with E-state index in [4.69, 9.17) is 0 Å². The van der Waals surface area contributed by atoms with E-state index in [-0.39, 0.29) is 11.6 Å². The summed E-state index contributed by atoms with van der Waals surface area (Å²) in [5.74, 6) is 0.773. The Morgan fingerprint density at radius 3 is 2.72 bits per heavy atom. The van der Waals surface area contributed by atoms with Crippen LogP contribution in [0.3, 0.4) is 0 Å². The second kappa shape index (κ2) is 5.31. The summed E-state index contributed by atoms with van der Waals surface area (Å²) in [6.45, 7) is 6.39. The minimum Gasteiger partial charge on any atom is -0.336 e. The predicted molar refractivity (Wildman–Crippen MR) is 72.5 cm³/mol. The van der Waals surface area contributed by atoms with Gasteiger partial charge in [-0.1, -0.05) is 19.1 Å². The molecule has 0 spiro atoms. The fourth-order valence-electron chi connectivity index (χ4n) is 2.17. The van der Waals surface area contributed by atoms with Gasteiger partial charge in [0.15, 0.2) is 5.82 Å². The van der Waals surface area contributed by atoms with Crippen molar-refractivity contribution in [1.82, 2.24) is 9.97 Å². The summed E-state index contributed by atoms with van der Waals surface area (Å²) in [5, 5.41) is 2.88. The van der Waals surface area contributed by atoms with E-state index < -0.39 is 0 Å². The van der Waals surface area contributed by atoms with Crippen LogP contribution in [-0.4, -0.2) is 16.0 Å². The highest BCUT2D eigenvalue weighted by Crippen LogP contribution is 2.10. The molecule has 0 aliphatic rings. The number of nitrogens with zero attached hydrogens (tertiary/aromatic N) is 1. The Bertz CT molecular complexity index is 589. The lowest BCUT2D eigenvalue weighted by Gasteiger charge is -2.15. The molecule has 0 aliphatic heterocycles. The number of aromatic nitrogens is 2. The first-order chi connectivity index (χ1) is 8.61. The average Bonchev–Trinajstić information content (AvgIpc) is 2.35. The van der Waals surface area contributed by atoms with Gasteiger partial charge in [0.25, 0.3) is 5.56 Å². The molecule has 18 heavy (non-hydrogen) atoms. The van der Waals surface area contributed by atoms with Crippen LogP contribution in [0.1, 0.15) is 39.1 Å². The van der Waals surface area contributed by atoms with E-state index in [1.807, 2.05) is 18.2 Å². The number of benzene rings is 1. The van der Waals surface area contributed by atoms with Gasteiger partial charge < -0.3 is 10.3 Å². The summed E-state index contributed by atoms with van der Waals surface area (Å²) in [6, 6.07) is 8.14. The zero-order valence-electron chi connectivity index (χ0n) is 11.1. The molecule has 2 aromatic rings. The van der Waals surface area contributed by atoms with Crippen molar-refractivity contribution in [3.8, 4) is 0 Å². The van der Waals surface area contributed by atoms with Crippen LogP contribution < -0.4 is 10.9 Å².